The van der Waals surface area contributed by atoms with E-state index in [-0.39, 0.29) is 16.6 Å². The molecule has 0 radical (unpaired) electrons. The first-order valence-electron chi connectivity index (χ1n) is 7.24. The third kappa shape index (κ3) is 3.35. The molecule has 0 fully saturated rings. The zero-order valence-electron chi connectivity index (χ0n) is 13.1. The SMILES string of the molecule is CC(c1ccc(S(C)(=O)=O)cc1)c1nc(-c2cccc(F)c2)no1. The van der Waals surface area contributed by atoms with E-state index in [2.05, 4.69) is 10.1 Å². The fourth-order valence-corrected chi connectivity index (χ4v) is 2.93. The van der Waals surface area contributed by atoms with Gasteiger partial charge in [0, 0.05) is 11.8 Å². The van der Waals surface area contributed by atoms with Gasteiger partial charge in [-0.25, -0.2) is 12.8 Å². The van der Waals surface area contributed by atoms with E-state index in [4.69, 9.17) is 4.52 Å². The average molecular weight is 346 g/mol. The summed E-state index contributed by atoms with van der Waals surface area (Å²) in [4.78, 5) is 4.56. The van der Waals surface area contributed by atoms with Gasteiger partial charge >= 0.3 is 0 Å². The Morgan fingerprint density at radius 3 is 2.46 bits per heavy atom. The predicted octanol–water partition coefficient (Wildman–Crippen LogP) is 3.43. The quantitative estimate of drug-likeness (QED) is 0.723. The van der Waals surface area contributed by atoms with Crippen LogP contribution >= 0.6 is 0 Å². The Morgan fingerprint density at radius 2 is 1.83 bits per heavy atom. The van der Waals surface area contributed by atoms with Gasteiger partial charge in [-0.05, 0) is 36.8 Å². The Kier molecular flexibility index (Phi) is 4.19. The number of nitrogens with zero attached hydrogens (tertiary/aromatic N) is 2. The number of aromatic nitrogens is 2. The highest BCUT2D eigenvalue weighted by Gasteiger charge is 2.18. The van der Waals surface area contributed by atoms with E-state index in [0.29, 0.717) is 17.3 Å². The summed E-state index contributed by atoms with van der Waals surface area (Å²) >= 11 is 0. The molecule has 0 amide bonds. The highest BCUT2D eigenvalue weighted by atomic mass is 32.2. The molecular formula is C17H15FN2O3S. The van der Waals surface area contributed by atoms with Gasteiger partial charge in [0.2, 0.25) is 11.7 Å². The van der Waals surface area contributed by atoms with Crippen molar-refractivity contribution < 1.29 is 17.3 Å². The Balaban J connectivity index is 1.87. The lowest BCUT2D eigenvalue weighted by molar-refractivity contribution is 0.371. The summed E-state index contributed by atoms with van der Waals surface area (Å²) in [6.45, 7) is 1.87. The lowest BCUT2D eigenvalue weighted by atomic mass is 10.0. The summed E-state index contributed by atoms with van der Waals surface area (Å²) in [5.41, 5.74) is 1.38. The van der Waals surface area contributed by atoms with Gasteiger partial charge in [0.15, 0.2) is 9.84 Å². The highest BCUT2D eigenvalue weighted by molar-refractivity contribution is 7.90. The van der Waals surface area contributed by atoms with Gasteiger partial charge < -0.3 is 4.52 Å². The van der Waals surface area contributed by atoms with E-state index in [0.717, 1.165) is 11.8 Å². The van der Waals surface area contributed by atoms with Crippen LogP contribution in [-0.4, -0.2) is 24.8 Å². The maximum atomic E-state index is 13.3. The molecule has 0 spiro atoms. The molecule has 1 atom stereocenters. The fourth-order valence-electron chi connectivity index (χ4n) is 2.30. The Labute approximate surface area is 139 Å². The number of hydrogen-bond acceptors (Lipinski definition) is 5. The largest absolute Gasteiger partial charge is 0.338 e. The molecule has 0 saturated carbocycles. The molecule has 2 aromatic carbocycles. The molecule has 1 heterocycles. The minimum absolute atomic E-state index is 0.214. The van der Waals surface area contributed by atoms with Gasteiger partial charge in [0.1, 0.15) is 5.82 Å². The Morgan fingerprint density at radius 1 is 1.12 bits per heavy atom. The first kappa shape index (κ1) is 16.3. The first-order chi connectivity index (χ1) is 11.3. The monoisotopic (exact) mass is 346 g/mol. The molecule has 1 unspecified atom stereocenters. The Bertz CT molecular complexity index is 966. The number of hydrogen-bond donors (Lipinski definition) is 0. The second kappa shape index (κ2) is 6.16. The molecule has 124 valence electrons. The molecular weight excluding hydrogens is 331 g/mol. The standard InChI is InChI=1S/C17H15FN2O3S/c1-11(12-6-8-15(9-7-12)24(2,21)22)17-19-16(20-23-17)13-4-3-5-14(18)10-13/h3-11H,1-2H3. The second-order valence-electron chi connectivity index (χ2n) is 5.53. The average Bonchev–Trinajstić information content (AvgIpc) is 3.03. The normalized spacial score (nSPS) is 13.0. The van der Waals surface area contributed by atoms with Crippen molar-refractivity contribution in [3.05, 3.63) is 65.8 Å². The summed E-state index contributed by atoms with van der Waals surface area (Å²) in [5.74, 6) is 0.0992. The van der Waals surface area contributed by atoms with Gasteiger partial charge in [-0.2, -0.15) is 4.98 Å². The van der Waals surface area contributed by atoms with Gasteiger partial charge in [-0.15, -0.1) is 0 Å². The summed E-state index contributed by atoms with van der Waals surface area (Å²) < 4.78 is 41.6. The van der Waals surface area contributed by atoms with Crippen LogP contribution in [0.15, 0.2) is 57.9 Å². The molecule has 7 heteroatoms. The van der Waals surface area contributed by atoms with Crippen molar-refractivity contribution in [2.45, 2.75) is 17.7 Å². The number of halogens is 1. The van der Waals surface area contributed by atoms with Crippen LogP contribution in [0, 0.1) is 5.82 Å². The molecule has 5 nitrogen and oxygen atoms in total. The van der Waals surface area contributed by atoms with E-state index in [1.807, 2.05) is 6.92 Å². The van der Waals surface area contributed by atoms with Gasteiger partial charge in [-0.3, -0.25) is 0 Å². The summed E-state index contributed by atoms with van der Waals surface area (Å²) in [7, 11) is -3.23. The van der Waals surface area contributed by atoms with Crippen LogP contribution < -0.4 is 0 Å². The van der Waals surface area contributed by atoms with Crippen LogP contribution in [0.4, 0.5) is 4.39 Å². The van der Waals surface area contributed by atoms with Gasteiger partial charge in [0.25, 0.3) is 0 Å². The third-order valence-electron chi connectivity index (χ3n) is 3.70. The number of benzene rings is 2. The van der Waals surface area contributed by atoms with E-state index in [1.54, 1.807) is 36.4 Å². The van der Waals surface area contributed by atoms with E-state index >= 15 is 0 Å². The minimum atomic E-state index is -3.23. The molecule has 0 aliphatic rings. The van der Waals surface area contributed by atoms with Crippen molar-refractivity contribution in [3.8, 4) is 11.4 Å². The smallest absolute Gasteiger partial charge is 0.234 e. The molecule has 0 N–H and O–H groups in total. The number of rotatable bonds is 4. The molecule has 0 aliphatic heterocycles. The van der Waals surface area contributed by atoms with Crippen LogP contribution in [0.2, 0.25) is 0 Å². The second-order valence-corrected chi connectivity index (χ2v) is 7.55. The molecule has 3 rings (SSSR count). The van der Waals surface area contributed by atoms with E-state index in [9.17, 15) is 12.8 Å². The Hall–Kier alpha value is -2.54. The maximum Gasteiger partial charge on any atom is 0.234 e. The van der Waals surface area contributed by atoms with Crippen molar-refractivity contribution in [1.29, 1.82) is 0 Å². The highest BCUT2D eigenvalue weighted by Crippen LogP contribution is 2.26. The fraction of sp³-hybridized carbons (Fsp3) is 0.176. The lowest BCUT2D eigenvalue weighted by Crippen LogP contribution is -2.00. The van der Waals surface area contributed by atoms with Crippen LogP contribution in [0.25, 0.3) is 11.4 Å². The summed E-state index contributed by atoms with van der Waals surface area (Å²) in [5, 5.41) is 3.88. The zero-order chi connectivity index (χ0) is 17.3. The molecule has 0 bridgehead atoms. The molecule has 24 heavy (non-hydrogen) atoms. The lowest BCUT2D eigenvalue weighted by Gasteiger charge is -2.07. The van der Waals surface area contributed by atoms with Crippen LogP contribution in [0.3, 0.4) is 0 Å². The molecule has 3 aromatic rings. The van der Waals surface area contributed by atoms with Gasteiger partial charge in [0.05, 0.1) is 10.8 Å². The van der Waals surface area contributed by atoms with Crippen molar-refractivity contribution in [2.24, 2.45) is 0 Å². The van der Waals surface area contributed by atoms with Crippen LogP contribution in [0.1, 0.15) is 24.3 Å². The minimum Gasteiger partial charge on any atom is -0.338 e. The van der Waals surface area contributed by atoms with Crippen molar-refractivity contribution >= 4 is 9.84 Å². The van der Waals surface area contributed by atoms with Crippen molar-refractivity contribution in [3.63, 3.8) is 0 Å². The van der Waals surface area contributed by atoms with Crippen LogP contribution in [0.5, 0.6) is 0 Å². The topological polar surface area (TPSA) is 73.1 Å². The molecule has 1 aromatic heterocycles. The number of sulfone groups is 1. The van der Waals surface area contributed by atoms with Crippen LogP contribution in [-0.2, 0) is 9.84 Å². The van der Waals surface area contributed by atoms with E-state index in [1.165, 1.54) is 12.1 Å². The summed E-state index contributed by atoms with van der Waals surface area (Å²) in [6, 6.07) is 12.5. The maximum absolute atomic E-state index is 13.3. The molecule has 0 saturated heterocycles. The molecule has 0 aliphatic carbocycles. The summed E-state index contributed by atoms with van der Waals surface area (Å²) in [6.07, 6.45) is 1.16. The van der Waals surface area contributed by atoms with Crippen molar-refractivity contribution in [2.75, 3.05) is 6.26 Å². The van der Waals surface area contributed by atoms with E-state index < -0.39 is 9.84 Å². The van der Waals surface area contributed by atoms with Crippen molar-refractivity contribution in [1.82, 2.24) is 10.1 Å². The zero-order valence-corrected chi connectivity index (χ0v) is 13.9. The first-order valence-corrected chi connectivity index (χ1v) is 9.13. The third-order valence-corrected chi connectivity index (χ3v) is 4.83. The van der Waals surface area contributed by atoms with Gasteiger partial charge in [-0.1, -0.05) is 29.4 Å². The predicted molar refractivity (Wildman–Crippen MR) is 86.8 cm³/mol.